The summed E-state index contributed by atoms with van der Waals surface area (Å²) in [5, 5.41) is 39.0. The number of rotatable bonds is 0. The van der Waals surface area contributed by atoms with E-state index in [9.17, 15) is 0 Å². The average molecular weight is 374 g/mol. The molecule has 0 N–H and O–H groups in total. The molecule has 0 bridgehead atoms. The predicted octanol–water partition coefficient (Wildman–Crippen LogP) is -0.687. The molecule has 0 amide bonds. The van der Waals surface area contributed by atoms with Gasteiger partial charge in [0.1, 0.15) is 0 Å². The van der Waals surface area contributed by atoms with Crippen molar-refractivity contribution in [3.63, 3.8) is 0 Å². The third kappa shape index (κ3) is 404. The van der Waals surface area contributed by atoms with Crippen LogP contribution in [-0.2, 0) is 17.1 Å². The van der Waals surface area contributed by atoms with E-state index >= 15 is 0 Å². The Kier molecular flexibility index (Phi) is 2230. The quantitative estimate of drug-likeness (QED) is 0.514. The van der Waals surface area contributed by atoms with Crippen molar-refractivity contribution in [3.8, 4) is 39.4 Å². The van der Waals surface area contributed by atoms with Gasteiger partial charge < -0.3 is 0 Å². The summed E-state index contributed by atoms with van der Waals surface area (Å²) in [5.41, 5.74) is 0. The molecule has 0 fully saturated rings. The maximum Gasteiger partial charge on any atom is 0.0462 e. The molecule has 0 atom stereocenters. The fourth-order valence-electron chi connectivity index (χ4n) is 0. The number of nitrogens with zero attached hydrogens (tertiary/aromatic N) is 6. The van der Waals surface area contributed by atoms with Gasteiger partial charge in [-0.2, -0.15) is 0 Å². The van der Waals surface area contributed by atoms with E-state index in [1.165, 1.54) is 0 Å². The minimum atomic E-state index is 0. The summed E-state index contributed by atoms with van der Waals surface area (Å²) < 4.78 is 0. The molecule has 0 aliphatic heterocycles. The third-order valence-electron chi connectivity index (χ3n) is 0. The Morgan fingerprint density at radius 1 is 0.294 bits per heavy atom. The molecule has 11 heteroatoms. The zero-order chi connectivity index (χ0) is 12.0. The fraction of sp³-hybridized carbons (Fsp3) is 0. The topological polar surface area (TPSA) is 143 Å². The van der Waals surface area contributed by atoms with Gasteiger partial charge in [-0.15, -0.1) is 0 Å². The van der Waals surface area contributed by atoms with Crippen LogP contribution in [0.3, 0.4) is 0 Å². The van der Waals surface area contributed by atoms with Crippen LogP contribution < -0.4 is 0 Å². The first-order chi connectivity index (χ1) is 6.00. The molecular formula is C6H6FeK4N6. The summed E-state index contributed by atoms with van der Waals surface area (Å²) >= 11 is 0. The molecule has 72 valence electrons. The predicted molar refractivity (Wildman–Crippen MR) is 63.0 cm³/mol. The Balaban J connectivity index is -0.00000000267. The molecule has 4 radical (unpaired) electrons. The average Bonchev–Trinajstić information content (AvgIpc) is 2.33. The van der Waals surface area contributed by atoms with Crippen molar-refractivity contribution in [1.82, 2.24) is 0 Å². The van der Waals surface area contributed by atoms with Gasteiger partial charge in [-0.05, 0) is 0 Å². The standard InChI is InChI=1S/6CHN.Fe.4K/c6*1-2;;;;;/h6*1H;;;;;. The monoisotopic (exact) mass is 374 g/mol. The summed E-state index contributed by atoms with van der Waals surface area (Å²) in [6.07, 6.45) is 0. The molecule has 0 rings (SSSR count). The van der Waals surface area contributed by atoms with Crippen molar-refractivity contribution in [1.29, 1.82) is 31.6 Å². The normalized spacial score (nSPS) is 0.706. The summed E-state index contributed by atoms with van der Waals surface area (Å²) in [5.74, 6) is 0. The fourth-order valence-corrected chi connectivity index (χ4v) is 0. The van der Waals surface area contributed by atoms with E-state index in [2.05, 4.69) is 39.4 Å². The van der Waals surface area contributed by atoms with Crippen LogP contribution in [0, 0.1) is 71.0 Å². The van der Waals surface area contributed by atoms with Crippen LogP contribution in [0.5, 0.6) is 0 Å². The van der Waals surface area contributed by atoms with E-state index in [-0.39, 0.29) is 223 Å². The second kappa shape index (κ2) is 450. The molecule has 0 aromatic carbocycles. The van der Waals surface area contributed by atoms with Crippen LogP contribution in [0.4, 0.5) is 0 Å². The molecule has 0 aliphatic carbocycles. The van der Waals surface area contributed by atoms with Crippen LogP contribution in [0.25, 0.3) is 0 Å². The second-order valence-corrected chi connectivity index (χ2v) is 0. The van der Waals surface area contributed by atoms with Crippen LogP contribution in [0.1, 0.15) is 0 Å². The summed E-state index contributed by atoms with van der Waals surface area (Å²) in [7, 11) is 0. The van der Waals surface area contributed by atoms with E-state index < -0.39 is 0 Å². The Bertz CT molecular complexity index is 106. The third-order valence-corrected chi connectivity index (χ3v) is 0. The van der Waals surface area contributed by atoms with Gasteiger partial charge in [0.25, 0.3) is 0 Å². The maximum atomic E-state index is 6.50. The zero-order valence-corrected chi connectivity index (χ0v) is 24.1. The molecule has 0 aromatic rings. The van der Waals surface area contributed by atoms with Gasteiger partial charge in [-0.1, -0.05) is 0 Å². The van der Waals surface area contributed by atoms with Crippen molar-refractivity contribution >= 4 is 206 Å². The summed E-state index contributed by atoms with van der Waals surface area (Å²) in [6, 6.07) is 0. The molecule has 17 heavy (non-hydrogen) atoms. The Labute approximate surface area is 284 Å². The van der Waals surface area contributed by atoms with E-state index in [1.54, 1.807) is 0 Å². The number of hydrogen-bond acceptors (Lipinski definition) is 6. The van der Waals surface area contributed by atoms with Crippen molar-refractivity contribution in [2.24, 2.45) is 0 Å². The van der Waals surface area contributed by atoms with Crippen molar-refractivity contribution in [2.45, 2.75) is 0 Å². The zero-order valence-electron chi connectivity index (χ0n) is 10.5. The van der Waals surface area contributed by atoms with E-state index in [4.69, 9.17) is 31.6 Å². The van der Waals surface area contributed by atoms with Crippen molar-refractivity contribution < 1.29 is 17.1 Å². The van der Waals surface area contributed by atoms with Crippen LogP contribution in [0.2, 0.25) is 0 Å². The Morgan fingerprint density at radius 3 is 0.294 bits per heavy atom. The van der Waals surface area contributed by atoms with Crippen LogP contribution in [0.15, 0.2) is 0 Å². The first kappa shape index (κ1) is 84.0. The largest absolute Gasteiger partial charge is 0.202 e. The first-order valence-corrected chi connectivity index (χ1v) is 1.55. The molecular weight excluding hydrogens is 368 g/mol. The molecule has 0 saturated heterocycles. The van der Waals surface area contributed by atoms with Gasteiger partial charge in [0.05, 0.1) is 0 Å². The first-order valence-electron chi connectivity index (χ1n) is 1.55. The van der Waals surface area contributed by atoms with Crippen LogP contribution in [-0.4, -0.2) is 206 Å². The smallest absolute Gasteiger partial charge is 0.0462 e. The molecule has 6 nitrogen and oxygen atoms in total. The summed E-state index contributed by atoms with van der Waals surface area (Å²) in [6.45, 7) is 21.0. The minimum Gasteiger partial charge on any atom is -0.202 e. The molecule has 0 spiro atoms. The minimum absolute atomic E-state index is 0. The van der Waals surface area contributed by atoms with Gasteiger partial charge >= 0.3 is 0 Å². The molecule has 0 aliphatic rings. The van der Waals surface area contributed by atoms with Crippen molar-refractivity contribution in [3.05, 3.63) is 0 Å². The molecule has 0 heterocycles. The second-order valence-electron chi connectivity index (χ2n) is 0. The van der Waals surface area contributed by atoms with Gasteiger partial charge in [0, 0.05) is 262 Å². The van der Waals surface area contributed by atoms with Crippen LogP contribution >= 0.6 is 0 Å². The number of nitriles is 6. The van der Waals surface area contributed by atoms with Crippen molar-refractivity contribution in [2.75, 3.05) is 0 Å². The maximum absolute atomic E-state index is 6.50. The van der Waals surface area contributed by atoms with Gasteiger partial charge in [0.15, 0.2) is 0 Å². The van der Waals surface area contributed by atoms with Gasteiger partial charge in [0.2, 0.25) is 0 Å². The molecule has 0 saturated carbocycles. The van der Waals surface area contributed by atoms with Gasteiger partial charge in [-0.25, -0.2) is 31.6 Å². The molecule has 0 aromatic heterocycles. The number of hydrogen-bond donors (Lipinski definition) is 0. The molecule has 0 unspecified atom stereocenters. The summed E-state index contributed by atoms with van der Waals surface area (Å²) in [4.78, 5) is 0. The Morgan fingerprint density at radius 2 is 0.294 bits per heavy atom. The Hall–Kier alpha value is 4.00. The SMILES string of the molecule is C#N.C#N.C#N.C#N.C#N.C#N.[Fe].[K].[K].[K].[K]. The van der Waals surface area contributed by atoms with E-state index in [1.807, 2.05) is 0 Å². The van der Waals surface area contributed by atoms with Gasteiger partial charge in [-0.3, -0.25) is 0 Å². The van der Waals surface area contributed by atoms with E-state index in [0.29, 0.717) is 0 Å². The van der Waals surface area contributed by atoms with E-state index in [0.717, 1.165) is 0 Å².